The van der Waals surface area contributed by atoms with Crippen molar-refractivity contribution in [3.8, 4) is 0 Å². The van der Waals surface area contributed by atoms with Crippen LogP contribution in [0.2, 0.25) is 0 Å². The van der Waals surface area contributed by atoms with Crippen LogP contribution in [0, 0.1) is 5.82 Å². The van der Waals surface area contributed by atoms with Gasteiger partial charge in [-0.3, -0.25) is 9.69 Å². The van der Waals surface area contributed by atoms with Gasteiger partial charge in [-0.1, -0.05) is 0 Å². The third-order valence-corrected chi connectivity index (χ3v) is 3.27. The SMILES string of the molecule is CC(C(=O)Nc1cc(N)ccc1F)N(C)Cc1ccco1. The molecule has 0 fully saturated rings. The molecule has 1 amide bonds. The van der Waals surface area contributed by atoms with Gasteiger partial charge in [-0.15, -0.1) is 0 Å². The second kappa shape index (κ2) is 6.41. The Hall–Kier alpha value is -2.34. The Labute approximate surface area is 122 Å². The summed E-state index contributed by atoms with van der Waals surface area (Å²) in [6, 6.07) is 7.23. The molecule has 1 atom stereocenters. The van der Waals surface area contributed by atoms with Crippen molar-refractivity contribution in [2.75, 3.05) is 18.1 Å². The maximum Gasteiger partial charge on any atom is 0.241 e. The van der Waals surface area contributed by atoms with Gasteiger partial charge in [-0.05, 0) is 44.3 Å². The van der Waals surface area contributed by atoms with Crippen molar-refractivity contribution in [3.05, 3.63) is 48.2 Å². The molecule has 0 spiro atoms. The van der Waals surface area contributed by atoms with Gasteiger partial charge < -0.3 is 15.5 Å². The Morgan fingerprint density at radius 2 is 2.24 bits per heavy atom. The monoisotopic (exact) mass is 291 g/mol. The van der Waals surface area contributed by atoms with E-state index < -0.39 is 11.9 Å². The van der Waals surface area contributed by atoms with E-state index in [9.17, 15) is 9.18 Å². The van der Waals surface area contributed by atoms with Crippen LogP contribution >= 0.6 is 0 Å². The maximum absolute atomic E-state index is 13.6. The third-order valence-electron chi connectivity index (χ3n) is 3.27. The van der Waals surface area contributed by atoms with Crippen LogP contribution in [0.4, 0.5) is 15.8 Å². The standard InChI is InChI=1S/C15H18FN3O2/c1-10(19(2)9-12-4-3-7-21-12)15(20)18-14-8-11(17)5-6-13(14)16/h3-8,10H,9,17H2,1-2H3,(H,18,20). The van der Waals surface area contributed by atoms with Crippen LogP contribution in [0.5, 0.6) is 0 Å². The highest BCUT2D eigenvalue weighted by atomic mass is 19.1. The first-order valence-electron chi connectivity index (χ1n) is 6.56. The Morgan fingerprint density at radius 1 is 1.48 bits per heavy atom. The Kier molecular flexibility index (Phi) is 4.59. The lowest BCUT2D eigenvalue weighted by atomic mass is 10.2. The largest absolute Gasteiger partial charge is 0.468 e. The fourth-order valence-electron chi connectivity index (χ4n) is 1.86. The first-order chi connectivity index (χ1) is 9.97. The molecule has 21 heavy (non-hydrogen) atoms. The highest BCUT2D eigenvalue weighted by Crippen LogP contribution is 2.18. The van der Waals surface area contributed by atoms with E-state index >= 15 is 0 Å². The van der Waals surface area contributed by atoms with E-state index in [1.807, 2.05) is 6.07 Å². The number of nitrogens with zero attached hydrogens (tertiary/aromatic N) is 1. The quantitative estimate of drug-likeness (QED) is 0.830. The zero-order chi connectivity index (χ0) is 15.4. The molecule has 2 rings (SSSR count). The van der Waals surface area contributed by atoms with Crippen molar-refractivity contribution in [1.82, 2.24) is 4.90 Å². The average Bonchev–Trinajstić information content (AvgIpc) is 2.94. The molecule has 1 aromatic heterocycles. The van der Waals surface area contributed by atoms with Gasteiger partial charge in [0.15, 0.2) is 0 Å². The second-order valence-electron chi connectivity index (χ2n) is 4.90. The van der Waals surface area contributed by atoms with E-state index in [0.29, 0.717) is 12.2 Å². The smallest absolute Gasteiger partial charge is 0.241 e. The number of nitrogens with one attached hydrogen (secondary N) is 1. The Morgan fingerprint density at radius 3 is 2.90 bits per heavy atom. The fourth-order valence-corrected chi connectivity index (χ4v) is 1.86. The number of hydrogen-bond acceptors (Lipinski definition) is 4. The van der Waals surface area contributed by atoms with Gasteiger partial charge in [-0.2, -0.15) is 0 Å². The number of hydrogen-bond donors (Lipinski definition) is 2. The van der Waals surface area contributed by atoms with E-state index in [-0.39, 0.29) is 11.6 Å². The minimum atomic E-state index is -0.515. The number of rotatable bonds is 5. The topological polar surface area (TPSA) is 71.5 Å². The summed E-state index contributed by atoms with van der Waals surface area (Å²) in [5.41, 5.74) is 6.06. The predicted octanol–water partition coefficient (Wildman–Crippen LogP) is 2.46. The van der Waals surface area contributed by atoms with E-state index in [0.717, 1.165) is 5.76 Å². The Balaban J connectivity index is 2.00. The first-order valence-corrected chi connectivity index (χ1v) is 6.56. The van der Waals surface area contributed by atoms with Crippen molar-refractivity contribution in [2.45, 2.75) is 19.5 Å². The summed E-state index contributed by atoms with van der Waals surface area (Å²) in [5, 5.41) is 2.55. The molecule has 0 bridgehead atoms. The van der Waals surface area contributed by atoms with Gasteiger partial charge in [0.2, 0.25) is 5.91 Å². The minimum absolute atomic E-state index is 0.0817. The molecule has 0 saturated carbocycles. The minimum Gasteiger partial charge on any atom is -0.468 e. The molecule has 1 unspecified atom stereocenters. The second-order valence-corrected chi connectivity index (χ2v) is 4.90. The van der Waals surface area contributed by atoms with Crippen LogP contribution in [-0.2, 0) is 11.3 Å². The summed E-state index contributed by atoms with van der Waals surface area (Å²) >= 11 is 0. The number of nitrogens with two attached hydrogens (primary N) is 1. The number of carbonyl (C=O) groups is 1. The molecule has 0 aliphatic carbocycles. The lowest BCUT2D eigenvalue weighted by Crippen LogP contribution is -2.39. The summed E-state index contributed by atoms with van der Waals surface area (Å²) < 4.78 is 18.8. The van der Waals surface area contributed by atoms with Crippen molar-refractivity contribution >= 4 is 17.3 Å². The molecule has 6 heteroatoms. The maximum atomic E-state index is 13.6. The molecule has 0 saturated heterocycles. The molecule has 112 valence electrons. The highest BCUT2D eigenvalue weighted by molar-refractivity contribution is 5.95. The molecule has 0 aliphatic rings. The van der Waals surface area contributed by atoms with Crippen LogP contribution in [0.1, 0.15) is 12.7 Å². The van der Waals surface area contributed by atoms with Crippen molar-refractivity contribution < 1.29 is 13.6 Å². The van der Waals surface area contributed by atoms with Crippen LogP contribution in [-0.4, -0.2) is 23.9 Å². The lowest BCUT2D eigenvalue weighted by molar-refractivity contribution is -0.120. The zero-order valence-corrected chi connectivity index (χ0v) is 12.0. The number of anilines is 2. The van der Waals surface area contributed by atoms with Crippen molar-refractivity contribution in [1.29, 1.82) is 0 Å². The third kappa shape index (κ3) is 3.82. The van der Waals surface area contributed by atoms with Gasteiger partial charge in [-0.25, -0.2) is 4.39 Å². The zero-order valence-electron chi connectivity index (χ0n) is 12.0. The molecular weight excluding hydrogens is 273 g/mol. The summed E-state index contributed by atoms with van der Waals surface area (Å²) in [4.78, 5) is 14.0. The molecule has 0 aliphatic heterocycles. The fraction of sp³-hybridized carbons (Fsp3) is 0.267. The number of nitrogen functional groups attached to an aromatic ring is 1. The highest BCUT2D eigenvalue weighted by Gasteiger charge is 2.20. The number of amides is 1. The summed E-state index contributed by atoms with van der Waals surface area (Å²) in [7, 11) is 1.79. The molecule has 5 nitrogen and oxygen atoms in total. The molecule has 1 heterocycles. The molecule has 3 N–H and O–H groups in total. The number of halogens is 1. The molecule has 2 aromatic rings. The van der Waals surface area contributed by atoms with Crippen LogP contribution in [0.15, 0.2) is 41.0 Å². The van der Waals surface area contributed by atoms with Gasteiger partial charge in [0.05, 0.1) is 24.5 Å². The van der Waals surface area contributed by atoms with Gasteiger partial charge in [0.25, 0.3) is 0 Å². The van der Waals surface area contributed by atoms with Crippen LogP contribution in [0.3, 0.4) is 0 Å². The number of benzene rings is 1. The van der Waals surface area contributed by atoms with E-state index in [1.54, 1.807) is 31.2 Å². The Bertz CT molecular complexity index is 613. The van der Waals surface area contributed by atoms with E-state index in [4.69, 9.17) is 10.2 Å². The number of carbonyl (C=O) groups excluding carboxylic acids is 1. The average molecular weight is 291 g/mol. The van der Waals surface area contributed by atoms with Crippen molar-refractivity contribution in [2.24, 2.45) is 0 Å². The summed E-state index contributed by atoms with van der Waals surface area (Å²) in [5.74, 6) is -0.0701. The van der Waals surface area contributed by atoms with E-state index in [1.165, 1.54) is 18.2 Å². The molecule has 0 radical (unpaired) electrons. The first kappa shape index (κ1) is 15.1. The van der Waals surface area contributed by atoms with E-state index in [2.05, 4.69) is 5.32 Å². The number of furan rings is 1. The molecular formula is C15H18FN3O2. The van der Waals surface area contributed by atoms with Crippen LogP contribution < -0.4 is 11.1 Å². The van der Waals surface area contributed by atoms with Crippen LogP contribution in [0.25, 0.3) is 0 Å². The molecule has 1 aromatic carbocycles. The van der Waals surface area contributed by atoms with Gasteiger partial charge in [0, 0.05) is 5.69 Å². The van der Waals surface area contributed by atoms with Gasteiger partial charge >= 0.3 is 0 Å². The lowest BCUT2D eigenvalue weighted by Gasteiger charge is -2.23. The summed E-state index contributed by atoms with van der Waals surface area (Å²) in [6.45, 7) is 2.23. The van der Waals surface area contributed by atoms with Gasteiger partial charge in [0.1, 0.15) is 11.6 Å². The van der Waals surface area contributed by atoms with Crippen molar-refractivity contribution in [3.63, 3.8) is 0 Å². The number of likely N-dealkylation sites (N-methyl/N-ethyl adjacent to an activating group) is 1. The normalized spacial score (nSPS) is 12.4. The summed E-state index contributed by atoms with van der Waals surface area (Å²) in [6.07, 6.45) is 1.58. The predicted molar refractivity (Wildman–Crippen MR) is 79.1 cm³/mol.